The molecule has 0 unspecified atom stereocenters. The summed E-state index contributed by atoms with van der Waals surface area (Å²) in [6, 6.07) is 50.8. The van der Waals surface area contributed by atoms with Crippen LogP contribution in [-0.2, 0) is 4.74 Å². The van der Waals surface area contributed by atoms with E-state index in [1.165, 1.54) is 89.9 Å². The SMILES string of the molecule is CCOC(=O)c1cc2c(O)c(c1)-c1ccc(cc1)C#Cc1ccc(cc1)OCCCCCCCCCCCC#Cc1ccc(cc1)C#CC#Cc1ccc(cc1)C#CCCCCCCCCCCCOc1ccc(cc1)C#Cc1ccc-2cc1. The summed E-state index contributed by atoms with van der Waals surface area (Å²) < 4.78 is 17.5. The maximum absolute atomic E-state index is 13.1. The largest absolute Gasteiger partial charge is 0.507 e. The lowest BCUT2D eigenvalue weighted by Crippen LogP contribution is -2.05. The molecule has 7 aromatic carbocycles. The zero-order valence-corrected chi connectivity index (χ0v) is 48.9. The normalized spacial score (nSPS) is 14.2. The Kier molecular flexibility index (Phi) is 25.3. The van der Waals surface area contributed by atoms with E-state index in [2.05, 4.69) is 71.0 Å². The minimum absolute atomic E-state index is 0.0649. The highest BCUT2D eigenvalue weighted by Crippen LogP contribution is 2.40. The topological polar surface area (TPSA) is 65.0 Å². The highest BCUT2D eigenvalue weighted by Gasteiger charge is 2.18. The first kappa shape index (κ1) is 60.9. The van der Waals surface area contributed by atoms with Gasteiger partial charge in [0, 0.05) is 68.5 Å². The third-order valence-corrected chi connectivity index (χ3v) is 14.6. The number of esters is 1. The second-order valence-corrected chi connectivity index (χ2v) is 21.2. The van der Waals surface area contributed by atoms with E-state index in [1.54, 1.807) is 19.1 Å². The maximum atomic E-state index is 13.1. The van der Waals surface area contributed by atoms with Gasteiger partial charge < -0.3 is 19.3 Å². The first-order valence-electron chi connectivity index (χ1n) is 30.4. The van der Waals surface area contributed by atoms with Crippen molar-refractivity contribution in [3.63, 3.8) is 0 Å². The first-order valence-corrected chi connectivity index (χ1v) is 30.4. The predicted molar refractivity (Wildman–Crippen MR) is 344 cm³/mol. The summed E-state index contributed by atoms with van der Waals surface area (Å²) >= 11 is 0. The lowest BCUT2D eigenvalue weighted by molar-refractivity contribution is 0.0526. The fourth-order valence-corrected chi connectivity index (χ4v) is 9.73. The third kappa shape index (κ3) is 21.3. The molecule has 1 N–H and O–H groups in total. The molecule has 0 atom stereocenters. The average Bonchev–Trinajstić information content (AvgIpc) is 3.57. The summed E-state index contributed by atoms with van der Waals surface area (Å²) in [6.45, 7) is 3.42. The Morgan fingerprint density at radius 3 is 1.01 bits per heavy atom. The fraction of sp³-hybridized carbons (Fsp3) is 0.304. The molecule has 0 aliphatic carbocycles. The molecular formula is C79H76O5. The van der Waals surface area contributed by atoms with Crippen LogP contribution in [0.15, 0.2) is 158 Å². The molecule has 14 bridgehead atoms. The highest BCUT2D eigenvalue weighted by molar-refractivity contribution is 5.96. The predicted octanol–water partition coefficient (Wildman–Crippen LogP) is 18.1. The highest BCUT2D eigenvalue weighted by atomic mass is 16.5. The van der Waals surface area contributed by atoms with Crippen LogP contribution < -0.4 is 9.47 Å². The van der Waals surface area contributed by atoms with E-state index in [9.17, 15) is 9.90 Å². The molecule has 0 saturated carbocycles. The van der Waals surface area contributed by atoms with Gasteiger partial charge in [-0.1, -0.05) is 173 Å². The lowest BCUT2D eigenvalue weighted by atomic mass is 9.93. The monoisotopic (exact) mass is 1100 g/mol. The Bertz CT molecular complexity index is 3360. The maximum Gasteiger partial charge on any atom is 0.338 e. The van der Waals surface area contributed by atoms with Crippen molar-refractivity contribution in [2.45, 2.75) is 135 Å². The molecule has 16 rings (SSSR count). The van der Waals surface area contributed by atoms with Crippen LogP contribution in [0.4, 0.5) is 0 Å². The second-order valence-electron chi connectivity index (χ2n) is 21.2. The van der Waals surface area contributed by atoms with E-state index in [0.717, 1.165) is 106 Å². The molecule has 0 saturated heterocycles. The molecule has 9 aliphatic heterocycles. The van der Waals surface area contributed by atoms with Crippen LogP contribution in [0, 0.1) is 71.0 Å². The van der Waals surface area contributed by atoms with Gasteiger partial charge in [-0.3, -0.25) is 0 Å². The molecule has 0 aromatic heterocycles. The molecule has 422 valence electrons. The smallest absolute Gasteiger partial charge is 0.338 e. The van der Waals surface area contributed by atoms with Crippen molar-refractivity contribution in [2.75, 3.05) is 19.8 Å². The van der Waals surface area contributed by atoms with Gasteiger partial charge >= 0.3 is 5.97 Å². The molecule has 0 fully saturated rings. The number of phenols is 1. The average molecular weight is 1110 g/mol. The van der Waals surface area contributed by atoms with Gasteiger partial charge in [-0.2, -0.15) is 0 Å². The molecule has 9 heterocycles. The van der Waals surface area contributed by atoms with E-state index in [4.69, 9.17) is 14.2 Å². The lowest BCUT2D eigenvalue weighted by Gasteiger charge is -2.14. The molecular weight excluding hydrogens is 1030 g/mol. The Hall–Kier alpha value is -9.23. The number of benzene rings is 7. The van der Waals surface area contributed by atoms with E-state index in [-0.39, 0.29) is 12.4 Å². The molecule has 5 heteroatoms. The number of ether oxygens (including phenoxy) is 3. The van der Waals surface area contributed by atoms with Crippen molar-refractivity contribution in [1.82, 2.24) is 0 Å². The Morgan fingerprint density at radius 2 is 0.667 bits per heavy atom. The molecule has 0 spiro atoms. The molecule has 5 nitrogen and oxygen atoms in total. The molecule has 84 heavy (non-hydrogen) atoms. The fourth-order valence-electron chi connectivity index (χ4n) is 9.73. The number of fused-ring (bicyclic) bond motifs is 2. The number of hydrogen-bond donors (Lipinski definition) is 1. The van der Waals surface area contributed by atoms with Crippen LogP contribution in [0.2, 0.25) is 0 Å². The van der Waals surface area contributed by atoms with Crippen molar-refractivity contribution >= 4 is 5.97 Å². The van der Waals surface area contributed by atoms with E-state index >= 15 is 0 Å². The zero-order valence-electron chi connectivity index (χ0n) is 48.9. The number of rotatable bonds is 2. The van der Waals surface area contributed by atoms with Gasteiger partial charge in [0.25, 0.3) is 0 Å². The van der Waals surface area contributed by atoms with Gasteiger partial charge in [-0.15, -0.1) is 0 Å². The summed E-state index contributed by atoms with van der Waals surface area (Å²) in [5.41, 5.74) is 10.2. The van der Waals surface area contributed by atoms with Crippen molar-refractivity contribution in [3.8, 4) is 111 Å². The van der Waals surface area contributed by atoms with Crippen LogP contribution in [0.25, 0.3) is 22.3 Å². The first-order chi connectivity index (χ1) is 41.5. The Balaban J connectivity index is 0.838. The molecule has 7 aromatic rings. The number of hydrogen-bond acceptors (Lipinski definition) is 5. The Labute approximate surface area is 501 Å². The van der Waals surface area contributed by atoms with E-state index in [0.29, 0.717) is 29.9 Å². The minimum Gasteiger partial charge on any atom is -0.507 e. The third-order valence-electron chi connectivity index (χ3n) is 14.6. The van der Waals surface area contributed by atoms with Crippen molar-refractivity contribution in [1.29, 1.82) is 0 Å². The second kappa shape index (κ2) is 34.9. The number of aromatic hydroxyl groups is 1. The summed E-state index contributed by atoms with van der Waals surface area (Å²) in [5.74, 6) is 40.0. The quantitative estimate of drug-likeness (QED) is 0.138. The van der Waals surface area contributed by atoms with Gasteiger partial charge in [0.05, 0.1) is 25.4 Å². The molecule has 0 radical (unpaired) electrons. The summed E-state index contributed by atoms with van der Waals surface area (Å²) in [7, 11) is 0. The van der Waals surface area contributed by atoms with E-state index < -0.39 is 5.97 Å². The summed E-state index contributed by atoms with van der Waals surface area (Å²) in [4.78, 5) is 13.1. The van der Waals surface area contributed by atoms with Gasteiger partial charge in [0.1, 0.15) is 17.2 Å². The van der Waals surface area contributed by atoms with E-state index in [1.807, 2.05) is 146 Å². The van der Waals surface area contributed by atoms with Crippen molar-refractivity contribution in [3.05, 3.63) is 208 Å². The zero-order chi connectivity index (χ0) is 58.1. The van der Waals surface area contributed by atoms with Gasteiger partial charge in [0.15, 0.2) is 0 Å². The van der Waals surface area contributed by atoms with Gasteiger partial charge in [0.2, 0.25) is 0 Å². The molecule has 0 amide bonds. The number of carbonyl (C=O) groups excluding carboxylic acids is 1. The minimum atomic E-state index is -0.458. The van der Waals surface area contributed by atoms with Crippen LogP contribution in [-0.4, -0.2) is 30.9 Å². The van der Waals surface area contributed by atoms with Crippen molar-refractivity contribution in [2.24, 2.45) is 0 Å². The number of phenolic OH excluding ortho intramolecular Hbond substituents is 1. The Morgan fingerprint density at radius 1 is 0.381 bits per heavy atom. The van der Waals surface area contributed by atoms with Crippen molar-refractivity contribution < 1.29 is 24.1 Å². The van der Waals surface area contributed by atoms with Crippen LogP contribution >= 0.6 is 0 Å². The standard InChI is InChI=1S/C79H76O5/c1-2-82-79(81)73-61-76-71-51-43-67(44-52-71)39-41-69-47-55-74(56-48-69)83-59-25-19-15-11-7-3-5-9-13-17-21-27-63-31-35-65(36-32-63)29-23-24-30-66-37-33-64(34-38-66)28-22-18-14-10-6-4-8-12-16-20-26-60-84-75-57-49-70(50-58-75)42-40-68-45-53-72(54-46-68)77(62-73)78(76)80/h31-38,43-58,61-62,80H,2-20,25-26,59-60H2,1H3. The van der Waals surface area contributed by atoms with Crippen LogP contribution in [0.1, 0.15) is 190 Å². The van der Waals surface area contributed by atoms with Gasteiger partial charge in [-0.25, -0.2) is 4.79 Å². The molecule has 9 aliphatic rings. The summed E-state index contributed by atoms with van der Waals surface area (Å²) in [5, 5.41) is 11.8. The summed E-state index contributed by atoms with van der Waals surface area (Å²) in [6.07, 6.45) is 23.6. The van der Waals surface area contributed by atoms with Crippen LogP contribution in [0.3, 0.4) is 0 Å². The van der Waals surface area contributed by atoms with Crippen LogP contribution in [0.5, 0.6) is 17.2 Å². The van der Waals surface area contributed by atoms with Gasteiger partial charge in [-0.05, 0) is 189 Å². The number of carbonyl (C=O) groups is 1.